The van der Waals surface area contributed by atoms with Crippen molar-refractivity contribution in [1.29, 1.82) is 0 Å². The Morgan fingerprint density at radius 2 is 2.36 bits per heavy atom. The van der Waals surface area contributed by atoms with Gasteiger partial charge in [-0.1, -0.05) is 24.4 Å². The number of aromatic nitrogens is 1. The molecule has 1 heterocycles. The average Bonchev–Trinajstić information content (AvgIpc) is 2.97. The predicted molar refractivity (Wildman–Crippen MR) is 56.2 cm³/mol. The van der Waals surface area contributed by atoms with Crippen LogP contribution in [0.4, 0.5) is 0 Å². The van der Waals surface area contributed by atoms with E-state index in [0.717, 1.165) is 24.3 Å². The smallest absolute Gasteiger partial charge is 0.129 e. The average molecular weight is 212 g/mol. The van der Waals surface area contributed by atoms with Crippen molar-refractivity contribution >= 4 is 11.6 Å². The van der Waals surface area contributed by atoms with Gasteiger partial charge in [0, 0.05) is 6.20 Å². The summed E-state index contributed by atoms with van der Waals surface area (Å²) in [6.07, 6.45) is 5.90. The minimum Gasteiger partial charge on any atom is -0.388 e. The van der Waals surface area contributed by atoms with Gasteiger partial charge in [0.2, 0.25) is 0 Å². The van der Waals surface area contributed by atoms with Gasteiger partial charge in [0.15, 0.2) is 0 Å². The van der Waals surface area contributed by atoms with Gasteiger partial charge >= 0.3 is 0 Å². The lowest BCUT2D eigenvalue weighted by molar-refractivity contribution is 0.162. The van der Waals surface area contributed by atoms with Gasteiger partial charge in [0.05, 0.1) is 6.10 Å². The van der Waals surface area contributed by atoms with E-state index in [-0.39, 0.29) is 6.10 Å². The van der Waals surface area contributed by atoms with Crippen molar-refractivity contribution in [2.75, 3.05) is 0 Å². The van der Waals surface area contributed by atoms with Crippen LogP contribution in [-0.4, -0.2) is 10.1 Å². The van der Waals surface area contributed by atoms with Gasteiger partial charge < -0.3 is 5.11 Å². The van der Waals surface area contributed by atoms with Crippen LogP contribution in [0.5, 0.6) is 0 Å². The summed E-state index contributed by atoms with van der Waals surface area (Å²) in [6, 6.07) is 3.56. The molecule has 0 aliphatic heterocycles. The largest absolute Gasteiger partial charge is 0.388 e. The first-order chi connectivity index (χ1) is 6.75. The van der Waals surface area contributed by atoms with Crippen LogP contribution < -0.4 is 0 Å². The quantitative estimate of drug-likeness (QED) is 0.777. The van der Waals surface area contributed by atoms with E-state index in [1.165, 1.54) is 12.8 Å². The second-order valence-corrected chi connectivity index (χ2v) is 4.34. The second-order valence-electron chi connectivity index (χ2n) is 3.95. The minimum atomic E-state index is -0.379. The van der Waals surface area contributed by atoms with Crippen molar-refractivity contribution in [2.45, 2.75) is 31.8 Å². The molecule has 1 saturated carbocycles. The number of halogens is 1. The molecule has 1 fully saturated rings. The fourth-order valence-corrected chi connectivity index (χ4v) is 1.77. The second kappa shape index (κ2) is 4.28. The molecule has 1 atom stereocenters. The molecule has 0 radical (unpaired) electrons. The molecule has 2 nitrogen and oxygen atoms in total. The van der Waals surface area contributed by atoms with Gasteiger partial charge in [0.1, 0.15) is 5.15 Å². The first-order valence-corrected chi connectivity index (χ1v) is 5.43. The zero-order valence-corrected chi connectivity index (χ0v) is 8.74. The molecule has 0 amide bonds. The van der Waals surface area contributed by atoms with Crippen molar-refractivity contribution in [3.05, 3.63) is 29.0 Å². The van der Waals surface area contributed by atoms with E-state index in [1.807, 2.05) is 6.07 Å². The first-order valence-electron chi connectivity index (χ1n) is 5.05. The molecule has 14 heavy (non-hydrogen) atoms. The molecule has 3 heteroatoms. The van der Waals surface area contributed by atoms with Crippen molar-refractivity contribution in [2.24, 2.45) is 5.92 Å². The summed E-state index contributed by atoms with van der Waals surface area (Å²) >= 11 is 5.74. The Morgan fingerprint density at radius 1 is 1.57 bits per heavy atom. The molecule has 0 saturated heterocycles. The Morgan fingerprint density at radius 3 is 3.00 bits per heavy atom. The van der Waals surface area contributed by atoms with Gasteiger partial charge in [-0.3, -0.25) is 0 Å². The van der Waals surface area contributed by atoms with E-state index in [9.17, 15) is 5.11 Å². The summed E-state index contributed by atoms with van der Waals surface area (Å²) in [5.74, 6) is 0.863. The lowest BCUT2D eigenvalue weighted by Gasteiger charge is -2.10. The number of aliphatic hydroxyl groups excluding tert-OH is 1. The molecule has 1 aromatic rings. The lowest BCUT2D eigenvalue weighted by Crippen LogP contribution is -1.98. The zero-order chi connectivity index (χ0) is 9.97. The van der Waals surface area contributed by atoms with Gasteiger partial charge in [-0.15, -0.1) is 0 Å². The third kappa shape index (κ3) is 2.69. The summed E-state index contributed by atoms with van der Waals surface area (Å²) in [4.78, 5) is 3.88. The summed E-state index contributed by atoms with van der Waals surface area (Å²) in [7, 11) is 0. The standard InChI is InChI=1S/C11H14ClNO/c12-11-7-9(5-6-13-11)10(14)4-3-8-1-2-8/h5-8,10,14H,1-4H2. The molecule has 0 spiro atoms. The molecule has 76 valence electrons. The van der Waals surface area contributed by atoms with Crippen LogP contribution in [0.15, 0.2) is 18.3 Å². The molecule has 1 aliphatic carbocycles. The van der Waals surface area contributed by atoms with Crippen LogP contribution in [0.2, 0.25) is 5.15 Å². The molecule has 0 bridgehead atoms. The molecule has 1 N–H and O–H groups in total. The fraction of sp³-hybridized carbons (Fsp3) is 0.545. The topological polar surface area (TPSA) is 33.1 Å². The summed E-state index contributed by atoms with van der Waals surface area (Å²) in [6.45, 7) is 0. The van der Waals surface area contributed by atoms with E-state index < -0.39 is 0 Å². The molecule has 0 aromatic carbocycles. The Bertz CT molecular complexity index is 312. The van der Waals surface area contributed by atoms with Crippen molar-refractivity contribution in [3.63, 3.8) is 0 Å². The number of nitrogens with zero attached hydrogens (tertiary/aromatic N) is 1. The Labute approximate surface area is 88.9 Å². The van der Waals surface area contributed by atoms with Crippen molar-refractivity contribution in [3.8, 4) is 0 Å². The van der Waals surface area contributed by atoms with Crippen LogP contribution in [0, 0.1) is 5.92 Å². The van der Waals surface area contributed by atoms with Crippen molar-refractivity contribution in [1.82, 2.24) is 4.98 Å². The van der Waals surface area contributed by atoms with Gasteiger partial charge in [-0.2, -0.15) is 0 Å². The number of hydrogen-bond acceptors (Lipinski definition) is 2. The highest BCUT2D eigenvalue weighted by Gasteiger charge is 2.22. The Hall–Kier alpha value is -0.600. The third-order valence-electron chi connectivity index (χ3n) is 2.68. The van der Waals surface area contributed by atoms with E-state index >= 15 is 0 Å². The predicted octanol–water partition coefficient (Wildman–Crippen LogP) is 2.96. The van der Waals surface area contributed by atoms with E-state index in [4.69, 9.17) is 11.6 Å². The SMILES string of the molecule is OC(CCC1CC1)c1ccnc(Cl)c1. The van der Waals surface area contributed by atoms with E-state index in [1.54, 1.807) is 12.3 Å². The fourth-order valence-electron chi connectivity index (χ4n) is 1.59. The molecule has 1 unspecified atom stereocenters. The lowest BCUT2D eigenvalue weighted by atomic mass is 10.0. The summed E-state index contributed by atoms with van der Waals surface area (Å²) in [5, 5.41) is 10.3. The van der Waals surface area contributed by atoms with Gasteiger partial charge in [-0.05, 0) is 36.5 Å². The highest BCUT2D eigenvalue weighted by molar-refractivity contribution is 6.29. The Kier molecular flexibility index (Phi) is 3.04. The van der Waals surface area contributed by atoms with Crippen LogP contribution >= 0.6 is 11.6 Å². The van der Waals surface area contributed by atoms with E-state index in [2.05, 4.69) is 4.98 Å². The van der Waals surface area contributed by atoms with Crippen LogP contribution in [0.1, 0.15) is 37.4 Å². The van der Waals surface area contributed by atoms with Crippen LogP contribution in [0.3, 0.4) is 0 Å². The van der Waals surface area contributed by atoms with Crippen molar-refractivity contribution < 1.29 is 5.11 Å². The maximum atomic E-state index is 9.84. The van der Waals surface area contributed by atoms with Gasteiger partial charge in [-0.25, -0.2) is 4.98 Å². The summed E-state index contributed by atoms with van der Waals surface area (Å²) < 4.78 is 0. The highest BCUT2D eigenvalue weighted by atomic mass is 35.5. The maximum absolute atomic E-state index is 9.84. The van der Waals surface area contributed by atoms with Crippen LogP contribution in [-0.2, 0) is 0 Å². The Balaban J connectivity index is 1.91. The number of pyridine rings is 1. The number of rotatable bonds is 4. The van der Waals surface area contributed by atoms with Gasteiger partial charge in [0.25, 0.3) is 0 Å². The third-order valence-corrected chi connectivity index (χ3v) is 2.89. The first kappa shape index (κ1) is 9.94. The monoisotopic (exact) mass is 211 g/mol. The molecular weight excluding hydrogens is 198 g/mol. The molecular formula is C11H14ClNO. The highest BCUT2D eigenvalue weighted by Crippen LogP contribution is 2.35. The molecule has 1 aromatic heterocycles. The normalized spacial score (nSPS) is 18.1. The number of aliphatic hydroxyl groups is 1. The summed E-state index contributed by atoms with van der Waals surface area (Å²) in [5.41, 5.74) is 0.880. The maximum Gasteiger partial charge on any atom is 0.129 e. The van der Waals surface area contributed by atoms with Crippen LogP contribution in [0.25, 0.3) is 0 Å². The number of hydrogen-bond donors (Lipinski definition) is 1. The zero-order valence-electron chi connectivity index (χ0n) is 7.99. The molecule has 1 aliphatic rings. The molecule has 2 rings (SSSR count). The minimum absolute atomic E-state index is 0.379. The van der Waals surface area contributed by atoms with E-state index in [0.29, 0.717) is 5.15 Å².